The maximum absolute atomic E-state index is 14.6. The minimum absolute atomic E-state index is 0.0192. The Morgan fingerprint density at radius 2 is 2.56 bits per heavy atom. The van der Waals surface area contributed by atoms with Gasteiger partial charge < -0.3 is 10.1 Å². The standard InChI is InChI=1S/C12H19ClFN3O/c1-18-6-5-17-12(10(13)8-16-17)11(14)9-3-2-4-15-7-9/h8-9,11,15H,2-7H2,1H3. The van der Waals surface area contributed by atoms with E-state index in [1.807, 2.05) is 0 Å². The zero-order valence-corrected chi connectivity index (χ0v) is 11.3. The second-order valence-corrected chi connectivity index (χ2v) is 5.01. The number of aromatic nitrogens is 2. The largest absolute Gasteiger partial charge is 0.383 e. The number of piperidine rings is 1. The first-order valence-electron chi connectivity index (χ1n) is 6.29. The zero-order chi connectivity index (χ0) is 13.0. The van der Waals surface area contributed by atoms with Crippen molar-refractivity contribution in [1.82, 2.24) is 15.1 Å². The minimum Gasteiger partial charge on any atom is -0.383 e. The third-order valence-electron chi connectivity index (χ3n) is 3.35. The summed E-state index contributed by atoms with van der Waals surface area (Å²) in [4.78, 5) is 0. The van der Waals surface area contributed by atoms with Crippen molar-refractivity contribution < 1.29 is 9.13 Å². The van der Waals surface area contributed by atoms with E-state index in [-0.39, 0.29) is 5.92 Å². The van der Waals surface area contributed by atoms with Gasteiger partial charge in [0.25, 0.3) is 0 Å². The lowest BCUT2D eigenvalue weighted by atomic mass is 9.93. The quantitative estimate of drug-likeness (QED) is 0.895. The van der Waals surface area contributed by atoms with Crippen LogP contribution in [-0.4, -0.2) is 36.6 Å². The van der Waals surface area contributed by atoms with Crippen molar-refractivity contribution in [2.24, 2.45) is 5.92 Å². The van der Waals surface area contributed by atoms with Gasteiger partial charge in [-0.2, -0.15) is 5.10 Å². The van der Waals surface area contributed by atoms with Gasteiger partial charge in [0.05, 0.1) is 30.1 Å². The fourth-order valence-electron chi connectivity index (χ4n) is 2.35. The summed E-state index contributed by atoms with van der Waals surface area (Å²) in [6.45, 7) is 2.70. The van der Waals surface area contributed by atoms with Crippen molar-refractivity contribution in [1.29, 1.82) is 0 Å². The summed E-state index contributed by atoms with van der Waals surface area (Å²) in [5, 5.41) is 7.74. The van der Waals surface area contributed by atoms with E-state index in [0.29, 0.717) is 30.4 Å². The van der Waals surface area contributed by atoms with Crippen molar-refractivity contribution >= 4 is 11.6 Å². The molecule has 1 aromatic heterocycles. The normalized spacial score (nSPS) is 22.1. The van der Waals surface area contributed by atoms with E-state index in [2.05, 4.69) is 10.4 Å². The molecule has 1 N–H and O–H groups in total. The van der Waals surface area contributed by atoms with Gasteiger partial charge in [-0.25, -0.2) is 4.39 Å². The van der Waals surface area contributed by atoms with E-state index in [9.17, 15) is 4.39 Å². The Hall–Kier alpha value is -0.650. The number of halogens is 2. The van der Waals surface area contributed by atoms with Crippen molar-refractivity contribution in [2.75, 3.05) is 26.8 Å². The fraction of sp³-hybridized carbons (Fsp3) is 0.750. The summed E-state index contributed by atoms with van der Waals surface area (Å²) in [5.41, 5.74) is 0.488. The first kappa shape index (κ1) is 13.8. The molecule has 1 fully saturated rings. The average molecular weight is 276 g/mol. The summed E-state index contributed by atoms with van der Waals surface area (Å²) in [7, 11) is 1.61. The number of nitrogens with one attached hydrogen (secondary N) is 1. The van der Waals surface area contributed by atoms with E-state index in [4.69, 9.17) is 16.3 Å². The van der Waals surface area contributed by atoms with Gasteiger partial charge in [-0.1, -0.05) is 11.6 Å². The van der Waals surface area contributed by atoms with Crippen LogP contribution in [0.1, 0.15) is 24.7 Å². The summed E-state index contributed by atoms with van der Waals surface area (Å²) < 4.78 is 21.2. The highest BCUT2D eigenvalue weighted by atomic mass is 35.5. The number of hydrogen-bond donors (Lipinski definition) is 1. The number of rotatable bonds is 5. The Balaban J connectivity index is 2.12. The molecule has 6 heteroatoms. The number of alkyl halides is 1. The highest BCUT2D eigenvalue weighted by molar-refractivity contribution is 6.31. The predicted octanol–water partition coefficient (Wildman–Crippen LogP) is 2.19. The molecule has 0 bridgehead atoms. The average Bonchev–Trinajstić information content (AvgIpc) is 2.77. The maximum atomic E-state index is 14.6. The van der Waals surface area contributed by atoms with Gasteiger partial charge in [0.2, 0.25) is 0 Å². The van der Waals surface area contributed by atoms with Crippen LogP contribution in [0.3, 0.4) is 0 Å². The van der Waals surface area contributed by atoms with Crippen molar-refractivity contribution in [3.05, 3.63) is 16.9 Å². The monoisotopic (exact) mass is 275 g/mol. The molecule has 0 radical (unpaired) electrons. The molecule has 18 heavy (non-hydrogen) atoms. The molecular formula is C12H19ClFN3O. The Kier molecular flexibility index (Phi) is 4.97. The Morgan fingerprint density at radius 3 is 3.22 bits per heavy atom. The molecule has 0 saturated carbocycles. The smallest absolute Gasteiger partial charge is 0.147 e. The highest BCUT2D eigenvalue weighted by Crippen LogP contribution is 2.34. The number of methoxy groups -OCH3 is 1. The summed E-state index contributed by atoms with van der Waals surface area (Å²) in [6, 6.07) is 0. The third-order valence-corrected chi connectivity index (χ3v) is 3.64. The molecular weight excluding hydrogens is 257 g/mol. The molecule has 1 aliphatic rings. The highest BCUT2D eigenvalue weighted by Gasteiger charge is 2.29. The molecule has 4 nitrogen and oxygen atoms in total. The molecule has 2 rings (SSSR count). The Bertz CT molecular complexity index is 379. The van der Waals surface area contributed by atoms with E-state index >= 15 is 0 Å². The van der Waals surface area contributed by atoms with Crippen LogP contribution in [0.25, 0.3) is 0 Å². The SMILES string of the molecule is COCCn1ncc(Cl)c1C(F)C1CCCNC1. The molecule has 0 aromatic carbocycles. The molecule has 0 aliphatic carbocycles. The lowest BCUT2D eigenvalue weighted by Crippen LogP contribution is -2.33. The van der Waals surface area contributed by atoms with Gasteiger partial charge in [-0.05, 0) is 19.4 Å². The van der Waals surface area contributed by atoms with Crippen LogP contribution in [0, 0.1) is 5.92 Å². The molecule has 1 aromatic rings. The van der Waals surface area contributed by atoms with E-state index in [1.54, 1.807) is 11.8 Å². The first-order chi connectivity index (χ1) is 8.74. The maximum Gasteiger partial charge on any atom is 0.147 e. The van der Waals surface area contributed by atoms with Gasteiger partial charge >= 0.3 is 0 Å². The van der Waals surface area contributed by atoms with Crippen molar-refractivity contribution in [3.8, 4) is 0 Å². The molecule has 102 valence electrons. The number of hydrogen-bond acceptors (Lipinski definition) is 3. The van der Waals surface area contributed by atoms with Gasteiger partial charge in [-0.15, -0.1) is 0 Å². The fourth-order valence-corrected chi connectivity index (χ4v) is 2.60. The summed E-state index contributed by atoms with van der Waals surface area (Å²) in [5.74, 6) is -0.0192. The molecule has 1 saturated heterocycles. The summed E-state index contributed by atoms with van der Waals surface area (Å²) in [6.07, 6.45) is 2.34. The topological polar surface area (TPSA) is 39.1 Å². The number of ether oxygens (including phenoxy) is 1. The third kappa shape index (κ3) is 3.02. The van der Waals surface area contributed by atoms with Gasteiger partial charge in [0.1, 0.15) is 6.17 Å². The van der Waals surface area contributed by atoms with Crippen LogP contribution >= 0.6 is 11.6 Å². The van der Waals surface area contributed by atoms with E-state index in [1.165, 1.54) is 6.20 Å². The van der Waals surface area contributed by atoms with Crippen LogP contribution < -0.4 is 5.32 Å². The first-order valence-corrected chi connectivity index (χ1v) is 6.66. The second-order valence-electron chi connectivity index (χ2n) is 4.60. The summed E-state index contributed by atoms with van der Waals surface area (Å²) >= 11 is 6.05. The minimum atomic E-state index is -1.07. The predicted molar refractivity (Wildman–Crippen MR) is 68.6 cm³/mol. The lowest BCUT2D eigenvalue weighted by Gasteiger charge is -2.26. The van der Waals surface area contributed by atoms with Gasteiger partial charge in [0.15, 0.2) is 0 Å². The van der Waals surface area contributed by atoms with Crippen molar-refractivity contribution in [2.45, 2.75) is 25.6 Å². The zero-order valence-electron chi connectivity index (χ0n) is 10.5. The van der Waals surface area contributed by atoms with Crippen LogP contribution in [0.2, 0.25) is 5.02 Å². The Morgan fingerprint density at radius 1 is 1.72 bits per heavy atom. The second kappa shape index (κ2) is 6.50. The molecule has 0 spiro atoms. The van der Waals surface area contributed by atoms with Gasteiger partial charge in [0, 0.05) is 19.6 Å². The van der Waals surface area contributed by atoms with Crippen LogP contribution in [0.5, 0.6) is 0 Å². The molecule has 2 heterocycles. The van der Waals surface area contributed by atoms with Crippen LogP contribution in [0.4, 0.5) is 4.39 Å². The Labute approximate surface area is 111 Å². The van der Waals surface area contributed by atoms with Crippen molar-refractivity contribution in [3.63, 3.8) is 0 Å². The van der Waals surface area contributed by atoms with Crippen LogP contribution in [-0.2, 0) is 11.3 Å². The van der Waals surface area contributed by atoms with E-state index in [0.717, 1.165) is 19.4 Å². The van der Waals surface area contributed by atoms with E-state index < -0.39 is 6.17 Å². The number of nitrogens with zero attached hydrogens (tertiary/aromatic N) is 2. The molecule has 1 aliphatic heterocycles. The molecule has 2 atom stereocenters. The van der Waals surface area contributed by atoms with Crippen LogP contribution in [0.15, 0.2) is 6.20 Å². The molecule has 0 amide bonds. The molecule has 2 unspecified atom stereocenters. The van der Waals surface area contributed by atoms with Gasteiger partial charge in [-0.3, -0.25) is 4.68 Å². The lowest BCUT2D eigenvalue weighted by molar-refractivity contribution is 0.163.